The number of carbonyl (C=O) groups is 1. The zero-order valence-corrected chi connectivity index (χ0v) is 16.7. The van der Waals surface area contributed by atoms with E-state index >= 15 is 0 Å². The van der Waals surface area contributed by atoms with Crippen LogP contribution >= 0.6 is 0 Å². The van der Waals surface area contributed by atoms with Crippen LogP contribution in [0.3, 0.4) is 0 Å². The molecular weight excluding hydrogens is 358 g/mol. The molecule has 0 bridgehead atoms. The second kappa shape index (κ2) is 8.18. The van der Waals surface area contributed by atoms with Gasteiger partial charge in [-0.25, -0.2) is 0 Å². The third kappa shape index (κ3) is 4.82. The number of ether oxygens (including phenoxy) is 1. The first-order chi connectivity index (χ1) is 13.0. The van der Waals surface area contributed by atoms with Crippen LogP contribution in [0.2, 0.25) is 13.1 Å². The van der Waals surface area contributed by atoms with E-state index in [0.717, 1.165) is 0 Å². The van der Waals surface area contributed by atoms with Crippen LogP contribution in [-0.2, 0) is 6.61 Å². The predicted molar refractivity (Wildman–Crippen MR) is 106 cm³/mol. The summed E-state index contributed by atoms with van der Waals surface area (Å²) in [5.74, 6) is 1.27. The number of benzene rings is 2. The number of carbonyl (C=O) groups excluding carboxylic acids is 1. The lowest BCUT2D eigenvalue weighted by Gasteiger charge is -2.23. The van der Waals surface area contributed by atoms with Crippen LogP contribution in [0.4, 0.5) is 0 Å². The van der Waals surface area contributed by atoms with Gasteiger partial charge in [0.25, 0.3) is 5.91 Å². The van der Waals surface area contributed by atoms with Gasteiger partial charge in [0.15, 0.2) is 6.61 Å². The number of para-hydroxylation sites is 1. The highest BCUT2D eigenvalue weighted by atomic mass is 28.3. The molecule has 2 aromatic carbocycles. The summed E-state index contributed by atoms with van der Waals surface area (Å²) in [6.45, 7) is 6.34. The molecule has 0 atom stereocenters. The molecule has 1 aromatic heterocycles. The van der Waals surface area contributed by atoms with Crippen LogP contribution in [0.1, 0.15) is 22.1 Å². The van der Waals surface area contributed by atoms with Crippen molar-refractivity contribution in [1.29, 1.82) is 0 Å². The normalized spacial score (nSPS) is 11.2. The number of rotatable bonds is 7. The van der Waals surface area contributed by atoms with Gasteiger partial charge in [-0.1, -0.05) is 65.9 Å². The van der Waals surface area contributed by atoms with E-state index in [1.54, 1.807) is 19.1 Å². The van der Waals surface area contributed by atoms with Gasteiger partial charge in [0.05, 0.1) is 5.56 Å². The second-order valence-corrected chi connectivity index (χ2v) is 11.6. The summed E-state index contributed by atoms with van der Waals surface area (Å²) in [5.41, 5.74) is 0.496. The summed E-state index contributed by atoms with van der Waals surface area (Å²) < 4.78 is 10.7. The first-order valence-electron chi connectivity index (χ1n) is 8.80. The van der Waals surface area contributed by atoms with Gasteiger partial charge in [-0.05, 0) is 12.1 Å². The molecule has 0 fully saturated rings. The molecule has 1 N–H and O–H groups in total. The van der Waals surface area contributed by atoms with Crippen molar-refractivity contribution in [2.75, 3.05) is 6.17 Å². The standard InChI is InChI=1S/C20H23N3O3Si/c1-15-22-19(23-26-15)13-25-18-12-8-7-11-17(18)20(24)21-14-27(2,3)16-9-5-4-6-10-16/h4-12H,13-14H2,1-3H3,(H,21,24). The van der Waals surface area contributed by atoms with Gasteiger partial charge < -0.3 is 14.6 Å². The summed E-state index contributed by atoms with van der Waals surface area (Å²) in [6, 6.07) is 17.5. The van der Waals surface area contributed by atoms with Crippen LogP contribution in [0.25, 0.3) is 0 Å². The van der Waals surface area contributed by atoms with Crippen molar-refractivity contribution in [2.45, 2.75) is 26.6 Å². The molecule has 0 unspecified atom stereocenters. The second-order valence-electron chi connectivity index (χ2n) is 6.95. The van der Waals surface area contributed by atoms with Gasteiger partial charge in [0.1, 0.15) is 13.8 Å². The highest BCUT2D eigenvalue weighted by molar-refractivity contribution is 6.90. The number of amides is 1. The first-order valence-corrected chi connectivity index (χ1v) is 12.0. The van der Waals surface area contributed by atoms with Crippen LogP contribution < -0.4 is 15.2 Å². The molecule has 0 aliphatic rings. The van der Waals surface area contributed by atoms with Gasteiger partial charge in [-0.3, -0.25) is 4.79 Å². The number of nitrogens with zero attached hydrogens (tertiary/aromatic N) is 2. The van der Waals surface area contributed by atoms with Crippen molar-refractivity contribution in [3.63, 3.8) is 0 Å². The van der Waals surface area contributed by atoms with Crippen molar-refractivity contribution in [3.05, 3.63) is 71.9 Å². The first kappa shape index (κ1) is 18.8. The minimum atomic E-state index is -1.77. The summed E-state index contributed by atoms with van der Waals surface area (Å²) in [7, 11) is -1.77. The van der Waals surface area contributed by atoms with E-state index in [2.05, 4.69) is 40.7 Å². The Kier molecular flexibility index (Phi) is 5.71. The Morgan fingerprint density at radius 1 is 1.11 bits per heavy atom. The van der Waals surface area contributed by atoms with E-state index in [9.17, 15) is 4.79 Å². The quantitative estimate of drug-likeness (QED) is 0.637. The van der Waals surface area contributed by atoms with Gasteiger partial charge >= 0.3 is 0 Å². The minimum absolute atomic E-state index is 0.145. The molecule has 1 amide bonds. The zero-order chi connectivity index (χ0) is 19.3. The number of aryl methyl sites for hydroxylation is 1. The summed E-state index contributed by atoms with van der Waals surface area (Å²) in [6.07, 6.45) is 0.647. The molecule has 3 rings (SSSR count). The average Bonchev–Trinajstić information content (AvgIpc) is 3.11. The summed E-state index contributed by atoms with van der Waals surface area (Å²) in [5, 5.41) is 8.18. The zero-order valence-electron chi connectivity index (χ0n) is 15.7. The molecule has 0 saturated carbocycles. The van der Waals surface area contributed by atoms with Crippen molar-refractivity contribution >= 4 is 19.2 Å². The van der Waals surface area contributed by atoms with E-state index in [1.807, 2.05) is 30.3 Å². The van der Waals surface area contributed by atoms with Gasteiger partial charge in [0, 0.05) is 13.1 Å². The molecule has 0 radical (unpaired) electrons. The molecule has 1 heterocycles. The number of hydrogen-bond donors (Lipinski definition) is 1. The fourth-order valence-electron chi connectivity index (χ4n) is 2.71. The molecule has 0 aliphatic heterocycles. The maximum absolute atomic E-state index is 12.7. The third-order valence-corrected chi connectivity index (χ3v) is 7.26. The predicted octanol–water partition coefficient (Wildman–Crippen LogP) is 2.84. The summed E-state index contributed by atoms with van der Waals surface area (Å²) >= 11 is 0. The van der Waals surface area contributed by atoms with E-state index in [-0.39, 0.29) is 12.5 Å². The molecule has 6 nitrogen and oxygen atoms in total. The Labute approximate surface area is 159 Å². The highest BCUT2D eigenvalue weighted by Crippen LogP contribution is 2.19. The van der Waals surface area contributed by atoms with Crippen molar-refractivity contribution in [1.82, 2.24) is 15.5 Å². The number of nitrogens with one attached hydrogen (secondary N) is 1. The molecule has 3 aromatic rings. The molecule has 140 valence electrons. The topological polar surface area (TPSA) is 77.2 Å². The SMILES string of the molecule is Cc1nc(COc2ccccc2C(=O)NC[Si](C)(C)c2ccccc2)no1. The van der Waals surface area contributed by atoms with E-state index in [0.29, 0.717) is 29.2 Å². The molecule has 0 saturated heterocycles. The van der Waals surface area contributed by atoms with Crippen LogP contribution in [-0.4, -0.2) is 30.3 Å². The summed E-state index contributed by atoms with van der Waals surface area (Å²) in [4.78, 5) is 16.8. The molecular formula is C20H23N3O3Si. The number of hydrogen-bond acceptors (Lipinski definition) is 5. The molecule has 0 aliphatic carbocycles. The largest absolute Gasteiger partial charge is 0.485 e. The van der Waals surface area contributed by atoms with Crippen molar-refractivity contribution < 1.29 is 14.1 Å². The maximum atomic E-state index is 12.7. The van der Waals surface area contributed by atoms with Crippen molar-refractivity contribution in [2.24, 2.45) is 0 Å². The minimum Gasteiger partial charge on any atom is -0.485 e. The molecule has 7 heteroatoms. The Balaban J connectivity index is 1.66. The fourth-order valence-corrected chi connectivity index (χ4v) is 4.61. The Bertz CT molecular complexity index is 910. The van der Waals surface area contributed by atoms with Crippen LogP contribution in [0.5, 0.6) is 5.75 Å². The Morgan fingerprint density at radius 3 is 2.52 bits per heavy atom. The highest BCUT2D eigenvalue weighted by Gasteiger charge is 2.24. The average molecular weight is 382 g/mol. The van der Waals surface area contributed by atoms with Gasteiger partial charge in [0.2, 0.25) is 11.7 Å². The van der Waals surface area contributed by atoms with E-state index < -0.39 is 8.07 Å². The monoisotopic (exact) mass is 381 g/mol. The number of aromatic nitrogens is 2. The van der Waals surface area contributed by atoms with E-state index in [1.165, 1.54) is 5.19 Å². The lowest BCUT2D eigenvalue weighted by Crippen LogP contribution is -2.51. The maximum Gasteiger partial charge on any atom is 0.254 e. The Morgan fingerprint density at radius 2 is 1.81 bits per heavy atom. The lowest BCUT2D eigenvalue weighted by atomic mass is 10.2. The van der Waals surface area contributed by atoms with E-state index in [4.69, 9.17) is 9.26 Å². The van der Waals surface area contributed by atoms with Gasteiger partial charge in [-0.2, -0.15) is 4.98 Å². The fraction of sp³-hybridized carbons (Fsp3) is 0.250. The molecule has 27 heavy (non-hydrogen) atoms. The smallest absolute Gasteiger partial charge is 0.254 e. The molecule has 0 spiro atoms. The lowest BCUT2D eigenvalue weighted by molar-refractivity contribution is 0.0955. The Hall–Kier alpha value is -2.93. The van der Waals surface area contributed by atoms with Gasteiger partial charge in [-0.15, -0.1) is 0 Å². The van der Waals surface area contributed by atoms with Crippen LogP contribution in [0, 0.1) is 6.92 Å². The third-order valence-electron chi connectivity index (χ3n) is 4.30. The van der Waals surface area contributed by atoms with Crippen LogP contribution in [0.15, 0.2) is 59.1 Å². The van der Waals surface area contributed by atoms with Crippen molar-refractivity contribution in [3.8, 4) is 5.75 Å².